The lowest BCUT2D eigenvalue weighted by atomic mass is 10.1. The van der Waals surface area contributed by atoms with Gasteiger partial charge in [0.05, 0.1) is 0 Å². The first-order valence-corrected chi connectivity index (χ1v) is 8.30. The highest BCUT2D eigenvalue weighted by molar-refractivity contribution is 5.95. The molecule has 0 bridgehead atoms. The van der Waals surface area contributed by atoms with Crippen molar-refractivity contribution < 1.29 is 29.0 Å². The number of aryl methyl sites for hydroxylation is 1. The van der Waals surface area contributed by atoms with Crippen LogP contribution >= 0.6 is 0 Å². The van der Waals surface area contributed by atoms with E-state index < -0.39 is 18.7 Å². The van der Waals surface area contributed by atoms with Crippen LogP contribution in [0.1, 0.15) is 29.8 Å². The average molecular weight is 371 g/mol. The molecule has 0 saturated carbocycles. The second kappa shape index (κ2) is 8.84. The quantitative estimate of drug-likeness (QED) is 0.692. The number of amides is 1. The third kappa shape index (κ3) is 5.85. The lowest BCUT2D eigenvalue weighted by Crippen LogP contribution is -2.30. The van der Waals surface area contributed by atoms with E-state index in [1.165, 1.54) is 6.92 Å². The van der Waals surface area contributed by atoms with Crippen LogP contribution in [0.2, 0.25) is 0 Å². The van der Waals surface area contributed by atoms with Crippen LogP contribution in [-0.2, 0) is 9.59 Å². The van der Waals surface area contributed by atoms with E-state index >= 15 is 0 Å². The van der Waals surface area contributed by atoms with Gasteiger partial charge in [0, 0.05) is 11.3 Å². The molecule has 7 heteroatoms. The molecule has 1 unspecified atom stereocenters. The van der Waals surface area contributed by atoms with Gasteiger partial charge in [0.1, 0.15) is 11.5 Å². The van der Waals surface area contributed by atoms with Crippen molar-refractivity contribution in [2.75, 3.05) is 11.9 Å². The molecule has 0 saturated heterocycles. The monoisotopic (exact) mass is 371 g/mol. The zero-order chi connectivity index (χ0) is 20.0. The lowest BCUT2D eigenvalue weighted by Gasteiger charge is -2.16. The van der Waals surface area contributed by atoms with E-state index in [9.17, 15) is 14.4 Å². The predicted octanol–water partition coefficient (Wildman–Crippen LogP) is 3.07. The summed E-state index contributed by atoms with van der Waals surface area (Å²) in [4.78, 5) is 34.3. The molecule has 0 aromatic heterocycles. The van der Waals surface area contributed by atoms with Gasteiger partial charge in [-0.15, -0.1) is 0 Å². The summed E-state index contributed by atoms with van der Waals surface area (Å²) in [5.74, 6) is -0.675. The minimum absolute atomic E-state index is 0.0848. The van der Waals surface area contributed by atoms with Crippen molar-refractivity contribution in [1.29, 1.82) is 0 Å². The molecular formula is C20H21NO6. The van der Waals surface area contributed by atoms with Gasteiger partial charge < -0.3 is 19.9 Å². The number of aliphatic carboxylic acids is 1. The summed E-state index contributed by atoms with van der Waals surface area (Å²) in [6.07, 6.45) is -0.783. The molecule has 0 radical (unpaired) electrons. The summed E-state index contributed by atoms with van der Waals surface area (Å²) >= 11 is 0. The number of ether oxygens (including phenoxy) is 2. The Balaban J connectivity index is 2.00. The first-order valence-electron chi connectivity index (χ1n) is 8.30. The highest BCUT2D eigenvalue weighted by atomic mass is 16.5. The van der Waals surface area contributed by atoms with Crippen LogP contribution in [0, 0.1) is 6.92 Å². The molecule has 2 N–H and O–H groups in total. The van der Waals surface area contributed by atoms with Gasteiger partial charge in [-0.05, 0) is 56.7 Å². The molecule has 1 amide bonds. The Kier molecular flexibility index (Phi) is 6.54. The average Bonchev–Trinajstić information content (AvgIpc) is 2.62. The Hall–Kier alpha value is -3.35. The van der Waals surface area contributed by atoms with Gasteiger partial charge in [-0.25, -0.2) is 4.79 Å². The molecule has 0 aliphatic rings. The van der Waals surface area contributed by atoms with E-state index in [0.717, 1.165) is 5.56 Å². The number of Topliss-reactive ketones (excluding diaryl/α,β-unsaturated/α-hetero) is 1. The Morgan fingerprint density at radius 2 is 1.85 bits per heavy atom. The Bertz CT molecular complexity index is 861. The molecule has 0 aliphatic heterocycles. The SMILES string of the molecule is CC(=O)c1cccc(OC(C)C(=O)Nc2ccc(OCC(=O)O)cc2C)c1. The number of carbonyl (C=O) groups is 3. The normalized spacial score (nSPS) is 11.4. The van der Waals surface area contributed by atoms with Gasteiger partial charge in [-0.1, -0.05) is 12.1 Å². The van der Waals surface area contributed by atoms with Gasteiger partial charge in [-0.2, -0.15) is 0 Å². The van der Waals surface area contributed by atoms with Crippen molar-refractivity contribution in [1.82, 2.24) is 0 Å². The first-order chi connectivity index (χ1) is 12.8. The molecule has 1 atom stereocenters. The summed E-state index contributed by atoms with van der Waals surface area (Å²) in [5.41, 5.74) is 1.79. The first kappa shape index (κ1) is 20.0. The number of carbonyl (C=O) groups excluding carboxylic acids is 2. The van der Waals surface area contributed by atoms with E-state index in [2.05, 4.69) is 5.32 Å². The second-order valence-electron chi connectivity index (χ2n) is 5.99. The van der Waals surface area contributed by atoms with Crippen LogP contribution in [0.4, 0.5) is 5.69 Å². The number of ketones is 1. The van der Waals surface area contributed by atoms with E-state index in [1.807, 2.05) is 0 Å². The number of nitrogens with one attached hydrogen (secondary N) is 1. The molecule has 2 aromatic rings. The fourth-order valence-electron chi connectivity index (χ4n) is 2.29. The molecule has 0 spiro atoms. The standard InChI is InChI=1S/C20H21NO6/c1-12-9-16(26-11-19(23)24)7-8-18(12)21-20(25)14(3)27-17-6-4-5-15(10-17)13(2)22/h4-10,14H,11H2,1-3H3,(H,21,25)(H,23,24). The van der Waals surface area contributed by atoms with Crippen molar-refractivity contribution >= 4 is 23.3 Å². The fourth-order valence-corrected chi connectivity index (χ4v) is 2.29. The molecule has 27 heavy (non-hydrogen) atoms. The Morgan fingerprint density at radius 3 is 2.48 bits per heavy atom. The second-order valence-corrected chi connectivity index (χ2v) is 5.99. The molecule has 0 aliphatic carbocycles. The Morgan fingerprint density at radius 1 is 1.11 bits per heavy atom. The van der Waals surface area contributed by atoms with Crippen LogP contribution < -0.4 is 14.8 Å². The van der Waals surface area contributed by atoms with Crippen LogP contribution in [0.3, 0.4) is 0 Å². The van der Waals surface area contributed by atoms with E-state index in [0.29, 0.717) is 22.7 Å². The molecule has 142 valence electrons. The highest BCUT2D eigenvalue weighted by Gasteiger charge is 2.16. The molecule has 0 heterocycles. The minimum Gasteiger partial charge on any atom is -0.482 e. The third-order valence-electron chi connectivity index (χ3n) is 3.74. The summed E-state index contributed by atoms with van der Waals surface area (Å²) in [6.45, 7) is 4.40. The number of hydrogen-bond acceptors (Lipinski definition) is 5. The zero-order valence-corrected chi connectivity index (χ0v) is 15.3. The fraction of sp³-hybridized carbons (Fsp3) is 0.250. The molecule has 7 nitrogen and oxygen atoms in total. The maximum Gasteiger partial charge on any atom is 0.341 e. The van der Waals surface area contributed by atoms with E-state index in [1.54, 1.807) is 56.3 Å². The number of hydrogen-bond donors (Lipinski definition) is 2. The van der Waals surface area contributed by atoms with Gasteiger partial charge in [0.25, 0.3) is 5.91 Å². The molecule has 2 rings (SSSR count). The van der Waals surface area contributed by atoms with Crippen LogP contribution in [-0.4, -0.2) is 35.5 Å². The van der Waals surface area contributed by atoms with Crippen molar-refractivity contribution in [3.8, 4) is 11.5 Å². The summed E-state index contributed by atoms with van der Waals surface area (Å²) in [7, 11) is 0. The number of anilines is 1. The third-order valence-corrected chi connectivity index (χ3v) is 3.74. The van der Waals surface area contributed by atoms with Gasteiger partial charge in [0.2, 0.25) is 0 Å². The smallest absolute Gasteiger partial charge is 0.341 e. The van der Waals surface area contributed by atoms with Crippen molar-refractivity contribution in [2.24, 2.45) is 0 Å². The number of benzene rings is 2. The molecule has 2 aromatic carbocycles. The van der Waals surface area contributed by atoms with Crippen molar-refractivity contribution in [3.63, 3.8) is 0 Å². The maximum absolute atomic E-state index is 12.4. The highest BCUT2D eigenvalue weighted by Crippen LogP contribution is 2.22. The number of carboxylic acids is 1. The van der Waals surface area contributed by atoms with Gasteiger partial charge >= 0.3 is 5.97 Å². The largest absolute Gasteiger partial charge is 0.482 e. The zero-order valence-electron chi connectivity index (χ0n) is 15.3. The summed E-state index contributed by atoms with van der Waals surface area (Å²) < 4.78 is 10.7. The van der Waals surface area contributed by atoms with Gasteiger partial charge in [-0.3, -0.25) is 9.59 Å². The topological polar surface area (TPSA) is 102 Å². The number of rotatable bonds is 8. The van der Waals surface area contributed by atoms with E-state index in [-0.39, 0.29) is 11.7 Å². The predicted molar refractivity (Wildman–Crippen MR) is 99.5 cm³/mol. The minimum atomic E-state index is -1.06. The van der Waals surface area contributed by atoms with Gasteiger partial charge in [0.15, 0.2) is 18.5 Å². The van der Waals surface area contributed by atoms with Crippen LogP contribution in [0.25, 0.3) is 0 Å². The van der Waals surface area contributed by atoms with Crippen LogP contribution in [0.15, 0.2) is 42.5 Å². The van der Waals surface area contributed by atoms with Crippen molar-refractivity contribution in [2.45, 2.75) is 26.9 Å². The summed E-state index contributed by atoms with van der Waals surface area (Å²) in [6, 6.07) is 11.5. The molecule has 0 fully saturated rings. The maximum atomic E-state index is 12.4. The summed E-state index contributed by atoms with van der Waals surface area (Å²) in [5, 5.41) is 11.4. The Labute approximate surface area is 156 Å². The number of carboxylic acid groups (broad SMARTS) is 1. The van der Waals surface area contributed by atoms with Crippen LogP contribution in [0.5, 0.6) is 11.5 Å². The molecular weight excluding hydrogens is 350 g/mol. The van der Waals surface area contributed by atoms with Crippen molar-refractivity contribution in [3.05, 3.63) is 53.6 Å². The lowest BCUT2D eigenvalue weighted by molar-refractivity contribution is -0.139. The van der Waals surface area contributed by atoms with E-state index in [4.69, 9.17) is 14.6 Å².